The van der Waals surface area contributed by atoms with Crippen LogP contribution in [-0.2, 0) is 0 Å². The van der Waals surface area contributed by atoms with E-state index in [1.54, 1.807) is 0 Å². The number of hydrogen-bond donors (Lipinski definition) is 1. The quantitative estimate of drug-likeness (QED) is 0.933. The average molecular weight is 310 g/mol. The van der Waals surface area contributed by atoms with Gasteiger partial charge >= 0.3 is 0 Å². The molecule has 2 N–H and O–H groups in total. The molecular formula is C14H20BrN3. The summed E-state index contributed by atoms with van der Waals surface area (Å²) in [5.74, 6) is 1.83. The van der Waals surface area contributed by atoms with E-state index >= 15 is 0 Å². The van der Waals surface area contributed by atoms with Crippen molar-refractivity contribution in [3.8, 4) is 0 Å². The van der Waals surface area contributed by atoms with Crippen molar-refractivity contribution in [2.24, 2.45) is 17.6 Å². The van der Waals surface area contributed by atoms with Crippen LogP contribution in [0.25, 0.3) is 0 Å². The Morgan fingerprint density at radius 2 is 2.06 bits per heavy atom. The SMILES string of the molecule is NCC(c1cncc(Br)c1)N1CC2CCCC2C1. The van der Waals surface area contributed by atoms with Gasteiger partial charge in [-0.2, -0.15) is 0 Å². The van der Waals surface area contributed by atoms with Crippen LogP contribution in [0.4, 0.5) is 0 Å². The molecule has 1 saturated heterocycles. The van der Waals surface area contributed by atoms with Gasteiger partial charge in [0.1, 0.15) is 0 Å². The van der Waals surface area contributed by atoms with Gasteiger partial charge in [-0.1, -0.05) is 6.42 Å². The molecule has 98 valence electrons. The van der Waals surface area contributed by atoms with Crippen molar-refractivity contribution < 1.29 is 0 Å². The van der Waals surface area contributed by atoms with Gasteiger partial charge < -0.3 is 5.73 Å². The van der Waals surface area contributed by atoms with E-state index in [2.05, 4.69) is 31.9 Å². The van der Waals surface area contributed by atoms with E-state index < -0.39 is 0 Å². The molecule has 0 spiro atoms. The maximum Gasteiger partial charge on any atom is 0.0486 e. The molecule has 1 aromatic rings. The summed E-state index contributed by atoms with van der Waals surface area (Å²) >= 11 is 3.49. The summed E-state index contributed by atoms with van der Waals surface area (Å²) in [5, 5.41) is 0. The van der Waals surface area contributed by atoms with Crippen LogP contribution in [0.15, 0.2) is 22.9 Å². The largest absolute Gasteiger partial charge is 0.329 e. The summed E-state index contributed by atoms with van der Waals surface area (Å²) in [5.41, 5.74) is 7.24. The van der Waals surface area contributed by atoms with Crippen molar-refractivity contribution in [3.05, 3.63) is 28.5 Å². The molecule has 3 atom stereocenters. The number of pyridine rings is 1. The zero-order valence-electron chi connectivity index (χ0n) is 10.6. The Morgan fingerprint density at radius 1 is 1.33 bits per heavy atom. The fourth-order valence-electron chi connectivity index (χ4n) is 3.63. The summed E-state index contributed by atoms with van der Waals surface area (Å²) in [6.45, 7) is 3.12. The normalized spacial score (nSPS) is 29.4. The number of halogens is 1. The molecule has 2 fully saturated rings. The Hall–Kier alpha value is -0.450. The lowest BCUT2D eigenvalue weighted by molar-refractivity contribution is 0.231. The first-order valence-corrected chi connectivity index (χ1v) is 7.62. The maximum atomic E-state index is 6.00. The van der Waals surface area contributed by atoms with Gasteiger partial charge in [-0.3, -0.25) is 9.88 Å². The predicted octanol–water partition coefficient (Wildman–Crippen LogP) is 2.58. The summed E-state index contributed by atoms with van der Waals surface area (Å²) in [6.07, 6.45) is 8.03. The van der Waals surface area contributed by atoms with Crippen molar-refractivity contribution in [3.63, 3.8) is 0 Å². The van der Waals surface area contributed by atoms with Gasteiger partial charge in [0.05, 0.1) is 0 Å². The number of aromatic nitrogens is 1. The van der Waals surface area contributed by atoms with Crippen molar-refractivity contribution >= 4 is 15.9 Å². The smallest absolute Gasteiger partial charge is 0.0486 e. The molecule has 18 heavy (non-hydrogen) atoms. The first-order chi connectivity index (χ1) is 8.78. The molecule has 3 rings (SSSR count). The molecule has 0 radical (unpaired) electrons. The van der Waals surface area contributed by atoms with E-state index in [9.17, 15) is 0 Å². The van der Waals surface area contributed by atoms with Gasteiger partial charge in [0.25, 0.3) is 0 Å². The van der Waals surface area contributed by atoms with E-state index in [0.717, 1.165) is 16.3 Å². The molecule has 0 bridgehead atoms. The summed E-state index contributed by atoms with van der Waals surface area (Å²) in [6, 6.07) is 2.49. The third-order valence-corrected chi connectivity index (χ3v) is 4.96. The standard InChI is InChI=1S/C14H20BrN3/c15-13-4-12(6-17-7-13)14(5-16)18-8-10-2-1-3-11(10)9-18/h4,6-7,10-11,14H,1-3,5,8-9,16H2. The summed E-state index contributed by atoms with van der Waals surface area (Å²) in [4.78, 5) is 6.83. The van der Waals surface area contributed by atoms with Crippen LogP contribution in [0.2, 0.25) is 0 Å². The van der Waals surface area contributed by atoms with Gasteiger partial charge in [0, 0.05) is 42.5 Å². The lowest BCUT2D eigenvalue weighted by Gasteiger charge is -2.27. The van der Waals surface area contributed by atoms with E-state index in [0.29, 0.717) is 12.6 Å². The minimum absolute atomic E-state index is 0.334. The third kappa shape index (κ3) is 2.33. The second-order valence-electron chi connectivity index (χ2n) is 5.59. The second kappa shape index (κ2) is 5.27. The van der Waals surface area contributed by atoms with Crippen molar-refractivity contribution in [1.82, 2.24) is 9.88 Å². The van der Waals surface area contributed by atoms with Crippen molar-refractivity contribution in [2.75, 3.05) is 19.6 Å². The first-order valence-electron chi connectivity index (χ1n) is 6.82. The highest BCUT2D eigenvalue weighted by molar-refractivity contribution is 9.10. The first kappa shape index (κ1) is 12.6. The van der Waals surface area contributed by atoms with E-state index in [-0.39, 0.29) is 0 Å². The van der Waals surface area contributed by atoms with Crippen LogP contribution in [0.5, 0.6) is 0 Å². The Morgan fingerprint density at radius 3 is 2.67 bits per heavy atom. The molecule has 0 aromatic carbocycles. The Labute approximate surface area is 117 Å². The van der Waals surface area contributed by atoms with Gasteiger partial charge in [-0.05, 0) is 52.2 Å². The Kier molecular flexibility index (Phi) is 3.68. The van der Waals surface area contributed by atoms with Crippen LogP contribution in [-0.4, -0.2) is 29.5 Å². The van der Waals surface area contributed by atoms with E-state index in [1.807, 2.05) is 12.4 Å². The van der Waals surface area contributed by atoms with Crippen molar-refractivity contribution in [2.45, 2.75) is 25.3 Å². The fraction of sp³-hybridized carbons (Fsp3) is 0.643. The van der Waals surface area contributed by atoms with Crippen molar-refractivity contribution in [1.29, 1.82) is 0 Å². The molecule has 1 aliphatic carbocycles. The highest BCUT2D eigenvalue weighted by Crippen LogP contribution is 2.40. The van der Waals surface area contributed by atoms with Crippen LogP contribution in [0.1, 0.15) is 30.9 Å². The number of likely N-dealkylation sites (tertiary alicyclic amines) is 1. The predicted molar refractivity (Wildman–Crippen MR) is 76.1 cm³/mol. The second-order valence-corrected chi connectivity index (χ2v) is 6.51. The fourth-order valence-corrected chi connectivity index (χ4v) is 4.01. The highest BCUT2D eigenvalue weighted by atomic mass is 79.9. The van der Waals surface area contributed by atoms with Gasteiger partial charge in [-0.15, -0.1) is 0 Å². The highest BCUT2D eigenvalue weighted by Gasteiger charge is 2.38. The molecule has 3 nitrogen and oxygen atoms in total. The molecule has 2 aliphatic rings. The minimum atomic E-state index is 0.334. The average Bonchev–Trinajstić information content (AvgIpc) is 2.91. The van der Waals surface area contributed by atoms with Crippen LogP contribution < -0.4 is 5.73 Å². The molecule has 1 aliphatic heterocycles. The number of nitrogens with two attached hydrogens (primary N) is 1. The van der Waals surface area contributed by atoms with Crippen LogP contribution in [0, 0.1) is 11.8 Å². The molecule has 1 aromatic heterocycles. The lowest BCUT2D eigenvalue weighted by atomic mass is 10.0. The van der Waals surface area contributed by atoms with Gasteiger partial charge in [0.2, 0.25) is 0 Å². The third-order valence-electron chi connectivity index (χ3n) is 4.53. The molecular weight excluding hydrogens is 290 g/mol. The van der Waals surface area contributed by atoms with Gasteiger partial charge in [0.15, 0.2) is 0 Å². The molecule has 0 amide bonds. The zero-order valence-corrected chi connectivity index (χ0v) is 12.1. The molecule has 3 unspecified atom stereocenters. The minimum Gasteiger partial charge on any atom is -0.329 e. The topological polar surface area (TPSA) is 42.1 Å². The number of fused-ring (bicyclic) bond motifs is 1. The summed E-state index contributed by atoms with van der Waals surface area (Å²) in [7, 11) is 0. The lowest BCUT2D eigenvalue weighted by Crippen LogP contribution is -2.32. The number of rotatable bonds is 3. The number of hydrogen-bond acceptors (Lipinski definition) is 3. The Balaban J connectivity index is 1.77. The van der Waals surface area contributed by atoms with E-state index in [1.165, 1.54) is 37.9 Å². The Bertz CT molecular complexity index is 411. The van der Waals surface area contributed by atoms with Gasteiger partial charge in [-0.25, -0.2) is 0 Å². The number of nitrogens with zero attached hydrogens (tertiary/aromatic N) is 2. The molecule has 4 heteroatoms. The monoisotopic (exact) mass is 309 g/mol. The van der Waals surface area contributed by atoms with Crippen LogP contribution >= 0.6 is 15.9 Å². The maximum absolute atomic E-state index is 6.00. The summed E-state index contributed by atoms with van der Waals surface area (Å²) < 4.78 is 1.04. The molecule has 1 saturated carbocycles. The van der Waals surface area contributed by atoms with E-state index in [4.69, 9.17) is 5.73 Å². The molecule has 2 heterocycles. The zero-order chi connectivity index (χ0) is 12.5. The van der Waals surface area contributed by atoms with Crippen LogP contribution in [0.3, 0.4) is 0 Å².